The molecule has 0 spiro atoms. The van der Waals surface area contributed by atoms with Gasteiger partial charge in [0.25, 0.3) is 0 Å². The van der Waals surface area contributed by atoms with Crippen LogP contribution < -0.4 is 11.3 Å². The molecule has 66 valence electrons. The van der Waals surface area contributed by atoms with Crippen LogP contribution in [0.3, 0.4) is 0 Å². The van der Waals surface area contributed by atoms with Gasteiger partial charge in [0.05, 0.1) is 0 Å². The predicted molar refractivity (Wildman–Crippen MR) is 52.1 cm³/mol. The summed E-state index contributed by atoms with van der Waals surface area (Å²) >= 11 is 5.87. The van der Waals surface area contributed by atoms with Crippen LogP contribution in [0, 0.1) is 6.92 Å². The minimum Gasteiger partial charge on any atom is -0.271 e. The Morgan fingerprint density at radius 3 is 2.83 bits per heavy atom. The average molecular weight is 185 g/mol. The van der Waals surface area contributed by atoms with Gasteiger partial charge in [-0.25, -0.2) is 0 Å². The number of hydrogen-bond acceptors (Lipinski definition) is 2. The summed E-state index contributed by atoms with van der Waals surface area (Å²) in [4.78, 5) is 0. The third-order valence-corrected chi connectivity index (χ3v) is 2.20. The predicted octanol–water partition coefficient (Wildman–Crippen LogP) is 1.65. The van der Waals surface area contributed by atoms with E-state index >= 15 is 0 Å². The van der Waals surface area contributed by atoms with Crippen molar-refractivity contribution in [1.29, 1.82) is 0 Å². The highest BCUT2D eigenvalue weighted by atomic mass is 35.5. The van der Waals surface area contributed by atoms with Crippen LogP contribution >= 0.6 is 11.6 Å². The lowest BCUT2D eigenvalue weighted by Gasteiger charge is -2.03. The Kier molecular flexibility index (Phi) is 3.53. The van der Waals surface area contributed by atoms with E-state index < -0.39 is 0 Å². The number of nitrogens with one attached hydrogen (secondary N) is 1. The number of halogens is 1. The van der Waals surface area contributed by atoms with E-state index in [2.05, 4.69) is 11.5 Å². The summed E-state index contributed by atoms with van der Waals surface area (Å²) in [7, 11) is 0. The first-order chi connectivity index (χ1) is 5.74. The van der Waals surface area contributed by atoms with Crippen molar-refractivity contribution in [3.05, 3.63) is 34.3 Å². The maximum Gasteiger partial charge on any atom is 0.0435 e. The van der Waals surface area contributed by atoms with E-state index in [1.807, 2.05) is 19.1 Å². The highest BCUT2D eigenvalue weighted by molar-refractivity contribution is 6.31. The first kappa shape index (κ1) is 9.52. The smallest absolute Gasteiger partial charge is 0.0435 e. The van der Waals surface area contributed by atoms with Crippen LogP contribution in [0.15, 0.2) is 18.2 Å². The van der Waals surface area contributed by atoms with Crippen molar-refractivity contribution in [1.82, 2.24) is 5.43 Å². The molecule has 0 amide bonds. The maximum atomic E-state index is 5.87. The Labute approximate surface area is 77.7 Å². The highest BCUT2D eigenvalue weighted by Gasteiger charge is 1.96. The van der Waals surface area contributed by atoms with Gasteiger partial charge in [-0.05, 0) is 30.5 Å². The zero-order valence-electron chi connectivity index (χ0n) is 7.10. The van der Waals surface area contributed by atoms with Crippen molar-refractivity contribution in [3.63, 3.8) is 0 Å². The second-order valence-corrected chi connectivity index (χ2v) is 3.19. The molecular formula is C9H13ClN2. The molecule has 0 aromatic heterocycles. The summed E-state index contributed by atoms with van der Waals surface area (Å²) in [6, 6.07) is 6.02. The Balaban J connectivity index is 2.69. The maximum absolute atomic E-state index is 5.87. The molecule has 0 fully saturated rings. The topological polar surface area (TPSA) is 38.0 Å². The van der Waals surface area contributed by atoms with Gasteiger partial charge in [0.15, 0.2) is 0 Å². The van der Waals surface area contributed by atoms with E-state index in [4.69, 9.17) is 17.4 Å². The van der Waals surface area contributed by atoms with Crippen LogP contribution in [0.5, 0.6) is 0 Å². The van der Waals surface area contributed by atoms with Gasteiger partial charge in [-0.3, -0.25) is 11.3 Å². The van der Waals surface area contributed by atoms with Crippen LogP contribution in [-0.4, -0.2) is 6.54 Å². The Morgan fingerprint density at radius 1 is 1.50 bits per heavy atom. The zero-order valence-corrected chi connectivity index (χ0v) is 7.86. The summed E-state index contributed by atoms with van der Waals surface area (Å²) in [6.07, 6.45) is 0.939. The SMILES string of the molecule is Cc1cc(CCNN)ccc1Cl. The first-order valence-corrected chi connectivity index (χ1v) is 4.30. The monoisotopic (exact) mass is 184 g/mol. The van der Waals surface area contributed by atoms with E-state index in [1.165, 1.54) is 5.56 Å². The molecule has 1 aromatic rings. The van der Waals surface area contributed by atoms with Gasteiger partial charge < -0.3 is 0 Å². The fourth-order valence-electron chi connectivity index (χ4n) is 1.08. The number of hydrazine groups is 1. The largest absolute Gasteiger partial charge is 0.271 e. The van der Waals surface area contributed by atoms with Crippen molar-refractivity contribution in [2.75, 3.05) is 6.54 Å². The van der Waals surface area contributed by atoms with E-state index in [-0.39, 0.29) is 0 Å². The second-order valence-electron chi connectivity index (χ2n) is 2.79. The Bertz CT molecular complexity index is 261. The normalized spacial score (nSPS) is 10.2. The second kappa shape index (κ2) is 4.45. The van der Waals surface area contributed by atoms with Crippen LogP contribution in [-0.2, 0) is 6.42 Å². The van der Waals surface area contributed by atoms with E-state index in [9.17, 15) is 0 Å². The molecule has 0 aliphatic rings. The lowest BCUT2D eigenvalue weighted by Crippen LogP contribution is -2.24. The fraction of sp³-hybridized carbons (Fsp3) is 0.333. The molecule has 0 bridgehead atoms. The quantitative estimate of drug-likeness (QED) is 0.554. The number of hydrogen-bond donors (Lipinski definition) is 2. The molecule has 0 atom stereocenters. The summed E-state index contributed by atoms with van der Waals surface area (Å²) in [5.74, 6) is 5.17. The Morgan fingerprint density at radius 2 is 2.25 bits per heavy atom. The number of benzene rings is 1. The number of aryl methyl sites for hydroxylation is 1. The molecule has 3 heteroatoms. The van der Waals surface area contributed by atoms with Gasteiger partial charge >= 0.3 is 0 Å². The molecule has 0 unspecified atom stereocenters. The zero-order chi connectivity index (χ0) is 8.97. The number of rotatable bonds is 3. The minimum absolute atomic E-state index is 0.793. The van der Waals surface area contributed by atoms with Crippen LogP contribution in [0.4, 0.5) is 0 Å². The lowest BCUT2D eigenvalue weighted by molar-refractivity contribution is 0.728. The van der Waals surface area contributed by atoms with E-state index in [0.29, 0.717) is 0 Å². The van der Waals surface area contributed by atoms with Crippen molar-refractivity contribution in [2.24, 2.45) is 5.84 Å². The molecule has 3 N–H and O–H groups in total. The highest BCUT2D eigenvalue weighted by Crippen LogP contribution is 2.16. The summed E-state index contributed by atoms with van der Waals surface area (Å²) < 4.78 is 0. The third-order valence-electron chi connectivity index (χ3n) is 1.78. The molecule has 1 rings (SSSR count). The molecule has 0 saturated heterocycles. The molecule has 2 nitrogen and oxygen atoms in total. The van der Waals surface area contributed by atoms with Gasteiger partial charge in [-0.1, -0.05) is 23.7 Å². The van der Waals surface area contributed by atoms with E-state index in [0.717, 1.165) is 23.6 Å². The van der Waals surface area contributed by atoms with Gasteiger partial charge in [0.1, 0.15) is 0 Å². The summed E-state index contributed by atoms with van der Waals surface area (Å²) in [6.45, 7) is 2.79. The molecule has 1 aromatic carbocycles. The third kappa shape index (κ3) is 2.48. The molecule has 0 aliphatic heterocycles. The lowest BCUT2D eigenvalue weighted by atomic mass is 10.1. The standard InChI is InChI=1S/C9H13ClN2/c1-7-6-8(4-5-12-11)2-3-9(7)10/h2-3,6,12H,4-5,11H2,1H3. The average Bonchev–Trinajstić information content (AvgIpc) is 2.07. The summed E-state index contributed by atoms with van der Waals surface area (Å²) in [5, 5.41) is 0.819. The molecule has 0 radical (unpaired) electrons. The van der Waals surface area contributed by atoms with Crippen molar-refractivity contribution in [2.45, 2.75) is 13.3 Å². The van der Waals surface area contributed by atoms with Crippen LogP contribution in [0.1, 0.15) is 11.1 Å². The van der Waals surface area contributed by atoms with E-state index in [1.54, 1.807) is 0 Å². The minimum atomic E-state index is 0.793. The van der Waals surface area contributed by atoms with Gasteiger partial charge in [-0.15, -0.1) is 0 Å². The van der Waals surface area contributed by atoms with Gasteiger partial charge in [-0.2, -0.15) is 0 Å². The molecule has 0 heterocycles. The number of nitrogens with two attached hydrogens (primary N) is 1. The molecule has 12 heavy (non-hydrogen) atoms. The van der Waals surface area contributed by atoms with Crippen molar-refractivity contribution < 1.29 is 0 Å². The molecular weight excluding hydrogens is 172 g/mol. The summed E-state index contributed by atoms with van der Waals surface area (Å²) in [5.41, 5.74) is 4.99. The van der Waals surface area contributed by atoms with Crippen molar-refractivity contribution >= 4 is 11.6 Å². The molecule has 0 saturated carbocycles. The Hall–Kier alpha value is -0.570. The molecule has 0 aliphatic carbocycles. The fourth-order valence-corrected chi connectivity index (χ4v) is 1.20. The van der Waals surface area contributed by atoms with Crippen molar-refractivity contribution in [3.8, 4) is 0 Å². The van der Waals surface area contributed by atoms with Gasteiger partial charge in [0.2, 0.25) is 0 Å². The van der Waals surface area contributed by atoms with Crippen LogP contribution in [0.2, 0.25) is 5.02 Å². The van der Waals surface area contributed by atoms with Crippen LogP contribution in [0.25, 0.3) is 0 Å². The first-order valence-electron chi connectivity index (χ1n) is 3.92. The van der Waals surface area contributed by atoms with Gasteiger partial charge in [0, 0.05) is 11.6 Å².